The third-order valence-electron chi connectivity index (χ3n) is 0.658. The van der Waals surface area contributed by atoms with Gasteiger partial charge in [0.15, 0.2) is 0 Å². The van der Waals surface area contributed by atoms with E-state index < -0.39 is 6.08 Å². The molecule has 0 radical (unpaired) electrons. The zero-order chi connectivity index (χ0) is 7.11. The molecule has 0 nitrogen and oxygen atoms in total. The summed E-state index contributed by atoms with van der Waals surface area (Å²) in [6.45, 7) is 1.95. The third kappa shape index (κ3) is 7.16. The quantitative estimate of drug-likeness (QED) is 0.478. The smallest absolute Gasteiger partial charge is 0.173 e. The van der Waals surface area contributed by atoms with E-state index in [1.165, 1.54) is 0 Å². The maximum Gasteiger partial charge on any atom is 0.278 e. The molecule has 0 fully saturated rings. The van der Waals surface area contributed by atoms with Crippen molar-refractivity contribution in [2.75, 3.05) is 0 Å². The summed E-state index contributed by atoms with van der Waals surface area (Å²) in [7, 11) is 0. The van der Waals surface area contributed by atoms with Crippen LogP contribution in [0.15, 0.2) is 12.2 Å². The fourth-order valence-electron chi connectivity index (χ4n) is 0.303. The van der Waals surface area contributed by atoms with Crippen LogP contribution in [0.3, 0.4) is 0 Å². The van der Waals surface area contributed by atoms with Crippen LogP contribution in [0.5, 0.6) is 0 Å². The highest BCUT2D eigenvalue weighted by molar-refractivity contribution is 5.15. The molecular formula is C7H8F2. The van der Waals surface area contributed by atoms with Crippen LogP contribution in [0.4, 0.5) is 8.78 Å². The summed E-state index contributed by atoms with van der Waals surface area (Å²) >= 11 is 0. The first-order valence-electron chi connectivity index (χ1n) is 2.77. The van der Waals surface area contributed by atoms with Crippen molar-refractivity contribution < 1.29 is 8.78 Å². The van der Waals surface area contributed by atoms with Crippen LogP contribution in [-0.4, -0.2) is 0 Å². The fraction of sp³-hybridized carbons (Fsp3) is 0.429. The summed E-state index contributed by atoms with van der Waals surface area (Å²) in [5.74, 6) is 4.78. The summed E-state index contributed by atoms with van der Waals surface area (Å²) < 4.78 is 22.4. The molecule has 0 rings (SSSR count). The lowest BCUT2D eigenvalue weighted by atomic mass is 10.3. The van der Waals surface area contributed by atoms with Crippen molar-refractivity contribution in [3.05, 3.63) is 12.2 Å². The second kappa shape index (κ2) is 5.30. The van der Waals surface area contributed by atoms with Crippen LogP contribution < -0.4 is 0 Å². The Kier molecular flexibility index (Phi) is 4.81. The van der Waals surface area contributed by atoms with Gasteiger partial charge in [-0.3, -0.25) is 0 Å². The van der Waals surface area contributed by atoms with Gasteiger partial charge in [-0.2, -0.15) is 8.78 Å². The number of hydrogen-bond acceptors (Lipinski definition) is 0. The van der Waals surface area contributed by atoms with Gasteiger partial charge in [0.05, 0.1) is 6.08 Å². The second-order valence-corrected chi connectivity index (χ2v) is 1.51. The molecule has 0 aliphatic rings. The van der Waals surface area contributed by atoms with Gasteiger partial charge in [-0.15, -0.1) is 0 Å². The topological polar surface area (TPSA) is 0 Å². The van der Waals surface area contributed by atoms with Gasteiger partial charge in [-0.05, 0) is 6.42 Å². The van der Waals surface area contributed by atoms with E-state index >= 15 is 0 Å². The minimum Gasteiger partial charge on any atom is -0.173 e. The molecule has 0 aliphatic carbocycles. The van der Waals surface area contributed by atoms with Gasteiger partial charge >= 0.3 is 0 Å². The van der Waals surface area contributed by atoms with E-state index in [-0.39, 0.29) is 0 Å². The maximum absolute atomic E-state index is 11.2. The molecule has 0 spiro atoms. The van der Waals surface area contributed by atoms with E-state index in [0.29, 0.717) is 12.5 Å². The predicted octanol–water partition coefficient (Wildman–Crippen LogP) is 2.57. The molecule has 0 saturated carbocycles. The van der Waals surface area contributed by atoms with Gasteiger partial charge in [0.25, 0.3) is 6.08 Å². The normalized spacial score (nSPS) is 7.44. The van der Waals surface area contributed by atoms with E-state index in [9.17, 15) is 8.78 Å². The van der Waals surface area contributed by atoms with Crippen molar-refractivity contribution >= 4 is 0 Å². The number of unbranched alkanes of at least 4 members (excludes halogenated alkanes) is 1. The molecule has 0 heterocycles. The van der Waals surface area contributed by atoms with Crippen LogP contribution in [0.1, 0.15) is 19.8 Å². The van der Waals surface area contributed by atoms with Gasteiger partial charge in [0, 0.05) is 6.42 Å². The highest BCUT2D eigenvalue weighted by atomic mass is 19.3. The lowest BCUT2D eigenvalue weighted by Gasteiger charge is -1.74. The van der Waals surface area contributed by atoms with Crippen molar-refractivity contribution in [3.8, 4) is 11.8 Å². The average molecular weight is 130 g/mol. The van der Waals surface area contributed by atoms with Crippen LogP contribution in [0.25, 0.3) is 0 Å². The zero-order valence-electron chi connectivity index (χ0n) is 5.25. The summed E-state index contributed by atoms with van der Waals surface area (Å²) in [5, 5.41) is 0. The molecule has 0 aliphatic heterocycles. The molecule has 50 valence electrons. The SMILES string of the molecule is CCCC#CC=C(F)F. The molecule has 9 heavy (non-hydrogen) atoms. The van der Waals surface area contributed by atoms with Gasteiger partial charge in [-0.25, -0.2) is 0 Å². The Morgan fingerprint density at radius 1 is 1.56 bits per heavy atom. The maximum atomic E-state index is 11.2. The second-order valence-electron chi connectivity index (χ2n) is 1.51. The summed E-state index contributed by atoms with van der Waals surface area (Å²) in [5.41, 5.74) is 0. The summed E-state index contributed by atoms with van der Waals surface area (Å²) in [4.78, 5) is 0. The van der Waals surface area contributed by atoms with Crippen molar-refractivity contribution in [1.82, 2.24) is 0 Å². The molecule has 0 bridgehead atoms. The van der Waals surface area contributed by atoms with E-state index in [0.717, 1.165) is 6.42 Å². The molecule has 0 aromatic rings. The first-order valence-corrected chi connectivity index (χ1v) is 2.77. The monoisotopic (exact) mass is 130 g/mol. The Hall–Kier alpha value is -0.840. The zero-order valence-corrected chi connectivity index (χ0v) is 5.25. The van der Waals surface area contributed by atoms with E-state index in [1.807, 2.05) is 6.92 Å². The molecule has 0 unspecified atom stereocenters. The van der Waals surface area contributed by atoms with Crippen molar-refractivity contribution in [3.63, 3.8) is 0 Å². The predicted molar refractivity (Wildman–Crippen MR) is 33.0 cm³/mol. The Morgan fingerprint density at radius 3 is 2.67 bits per heavy atom. The molecule has 0 amide bonds. The Labute approximate surface area is 53.6 Å². The standard InChI is InChI=1S/C7H8F2/c1-2-3-4-5-6-7(8)9/h6H,2-3H2,1H3. The van der Waals surface area contributed by atoms with Gasteiger partial charge < -0.3 is 0 Å². The van der Waals surface area contributed by atoms with Gasteiger partial charge in [0.2, 0.25) is 0 Å². The number of halogens is 2. The lowest BCUT2D eigenvalue weighted by molar-refractivity contribution is 0.422. The summed E-state index contributed by atoms with van der Waals surface area (Å²) in [6, 6.07) is 0. The third-order valence-corrected chi connectivity index (χ3v) is 0.658. The Bertz CT molecular complexity index is 144. The van der Waals surface area contributed by atoms with Crippen LogP contribution in [0, 0.1) is 11.8 Å². The van der Waals surface area contributed by atoms with Crippen LogP contribution in [-0.2, 0) is 0 Å². The Balaban J connectivity index is 3.49. The van der Waals surface area contributed by atoms with Crippen molar-refractivity contribution in [2.45, 2.75) is 19.8 Å². The first kappa shape index (κ1) is 8.16. The van der Waals surface area contributed by atoms with E-state index in [2.05, 4.69) is 11.8 Å². The minimum atomic E-state index is -1.72. The largest absolute Gasteiger partial charge is 0.278 e. The van der Waals surface area contributed by atoms with Crippen molar-refractivity contribution in [1.29, 1.82) is 0 Å². The highest BCUT2D eigenvalue weighted by Crippen LogP contribution is 1.93. The summed E-state index contributed by atoms with van der Waals surface area (Å²) in [6.07, 6.45) is 0.493. The number of allylic oxidation sites excluding steroid dienone is 1. The molecule has 0 N–H and O–H groups in total. The lowest BCUT2D eigenvalue weighted by Crippen LogP contribution is -1.60. The number of hydrogen-bond donors (Lipinski definition) is 0. The Morgan fingerprint density at radius 2 is 2.22 bits per heavy atom. The average Bonchev–Trinajstić information content (AvgIpc) is 1.80. The molecule has 0 atom stereocenters. The first-order chi connectivity index (χ1) is 4.27. The van der Waals surface area contributed by atoms with Crippen LogP contribution in [0.2, 0.25) is 0 Å². The fourth-order valence-corrected chi connectivity index (χ4v) is 0.303. The number of rotatable bonds is 1. The highest BCUT2D eigenvalue weighted by Gasteiger charge is 1.78. The van der Waals surface area contributed by atoms with Gasteiger partial charge in [0.1, 0.15) is 0 Å². The minimum absolute atomic E-state index is 0.621. The van der Waals surface area contributed by atoms with Crippen molar-refractivity contribution in [2.24, 2.45) is 0 Å². The molecule has 0 saturated heterocycles. The van der Waals surface area contributed by atoms with Crippen LogP contribution >= 0.6 is 0 Å². The van der Waals surface area contributed by atoms with E-state index in [4.69, 9.17) is 0 Å². The molecule has 0 aromatic heterocycles. The molecular weight excluding hydrogens is 122 g/mol. The van der Waals surface area contributed by atoms with E-state index in [1.54, 1.807) is 0 Å². The molecule has 0 aromatic carbocycles. The molecule has 2 heteroatoms. The van der Waals surface area contributed by atoms with Gasteiger partial charge in [-0.1, -0.05) is 18.8 Å².